The van der Waals surface area contributed by atoms with Crippen molar-refractivity contribution in [1.29, 1.82) is 0 Å². The summed E-state index contributed by atoms with van der Waals surface area (Å²) in [6.45, 7) is -0.167. The normalized spacial score (nSPS) is 41.2. The highest BCUT2D eigenvalue weighted by atomic mass is 17.0. The van der Waals surface area contributed by atoms with Crippen molar-refractivity contribution in [2.75, 3.05) is 13.2 Å². The second-order valence-electron chi connectivity index (χ2n) is 6.58. The van der Waals surface area contributed by atoms with Gasteiger partial charge in [-0.15, -0.1) is 10.1 Å². The molecule has 0 heterocycles. The van der Waals surface area contributed by atoms with Gasteiger partial charge in [-0.25, -0.2) is 0 Å². The van der Waals surface area contributed by atoms with E-state index in [-0.39, 0.29) is 18.8 Å². The Balaban J connectivity index is 1.51. The number of aliphatic hydroxyl groups is 1. The van der Waals surface area contributed by atoms with Crippen molar-refractivity contribution in [3.8, 4) is 0 Å². The highest BCUT2D eigenvalue weighted by Gasteiger charge is 2.51. The molecule has 4 aliphatic carbocycles. The zero-order valence-electron chi connectivity index (χ0n) is 11.0. The van der Waals surface area contributed by atoms with Crippen molar-refractivity contribution in [2.45, 2.75) is 50.2 Å². The van der Waals surface area contributed by atoms with Gasteiger partial charge in [-0.3, -0.25) is 0 Å². The molecule has 0 aromatic rings. The Hall–Kier alpha value is -0.880. The Morgan fingerprint density at radius 2 is 1.68 bits per heavy atom. The van der Waals surface area contributed by atoms with Crippen molar-refractivity contribution >= 4 is 0 Å². The van der Waals surface area contributed by atoms with E-state index in [4.69, 9.17) is 4.74 Å². The SMILES string of the molecule is O=[N+]([O-])OC[C@@H](O)COC12CC3CC(CC(C3)C1)C2. The van der Waals surface area contributed by atoms with E-state index < -0.39 is 11.2 Å². The smallest absolute Gasteiger partial charge is 0.294 e. The van der Waals surface area contributed by atoms with Crippen LogP contribution in [0.25, 0.3) is 0 Å². The molecule has 4 fully saturated rings. The molecule has 6 heteroatoms. The van der Waals surface area contributed by atoms with E-state index in [2.05, 4.69) is 4.84 Å². The third-order valence-corrected chi connectivity index (χ3v) is 4.94. The van der Waals surface area contributed by atoms with Gasteiger partial charge in [0.2, 0.25) is 0 Å². The predicted octanol–water partition coefficient (Wildman–Crippen LogP) is 1.54. The van der Waals surface area contributed by atoms with Gasteiger partial charge < -0.3 is 14.7 Å². The van der Waals surface area contributed by atoms with Gasteiger partial charge in [-0.05, 0) is 56.3 Å². The van der Waals surface area contributed by atoms with Crippen molar-refractivity contribution in [3.05, 3.63) is 10.1 Å². The maximum atomic E-state index is 10.1. The Kier molecular flexibility index (Phi) is 3.39. The summed E-state index contributed by atoms with van der Waals surface area (Å²) >= 11 is 0. The first-order valence-corrected chi connectivity index (χ1v) is 7.14. The topological polar surface area (TPSA) is 81.8 Å². The van der Waals surface area contributed by atoms with Gasteiger partial charge >= 0.3 is 0 Å². The van der Waals surface area contributed by atoms with Gasteiger partial charge in [-0.1, -0.05) is 0 Å². The number of hydrogen-bond acceptors (Lipinski definition) is 5. The van der Waals surface area contributed by atoms with E-state index in [0.717, 1.165) is 37.0 Å². The van der Waals surface area contributed by atoms with Crippen LogP contribution >= 0.6 is 0 Å². The molecule has 108 valence electrons. The fourth-order valence-corrected chi connectivity index (χ4v) is 4.68. The Morgan fingerprint density at radius 3 is 2.16 bits per heavy atom. The van der Waals surface area contributed by atoms with Crippen LogP contribution in [0.1, 0.15) is 38.5 Å². The molecule has 4 bridgehead atoms. The molecular weight excluding hydrogens is 250 g/mol. The number of rotatable bonds is 6. The minimum atomic E-state index is -0.918. The molecule has 1 N–H and O–H groups in total. The predicted molar refractivity (Wildman–Crippen MR) is 65.8 cm³/mol. The first-order valence-electron chi connectivity index (χ1n) is 7.14. The molecule has 0 unspecified atom stereocenters. The van der Waals surface area contributed by atoms with Crippen molar-refractivity contribution in [2.24, 2.45) is 17.8 Å². The monoisotopic (exact) mass is 271 g/mol. The third-order valence-electron chi connectivity index (χ3n) is 4.94. The second-order valence-corrected chi connectivity index (χ2v) is 6.58. The third kappa shape index (κ3) is 2.84. The lowest BCUT2D eigenvalue weighted by Gasteiger charge is -2.56. The molecule has 0 aromatic carbocycles. The number of aliphatic hydroxyl groups excluding tert-OH is 1. The summed E-state index contributed by atoms with van der Waals surface area (Å²) in [4.78, 5) is 14.2. The van der Waals surface area contributed by atoms with Crippen LogP contribution in [-0.2, 0) is 9.57 Å². The van der Waals surface area contributed by atoms with Gasteiger partial charge in [0.1, 0.15) is 12.7 Å². The molecule has 4 aliphatic rings. The molecule has 0 amide bonds. The standard InChI is InChI=1S/C13H21NO5/c15-12(8-19-14(16)17)7-18-13-4-9-1-10(5-13)3-11(2-9)6-13/h9-12,15H,1-8H2/t9?,10?,11?,12-,13?/m0/s1. The van der Waals surface area contributed by atoms with Crippen LogP contribution in [0.4, 0.5) is 0 Å². The zero-order valence-corrected chi connectivity index (χ0v) is 11.0. The molecular formula is C13H21NO5. The lowest BCUT2D eigenvalue weighted by atomic mass is 9.54. The quantitative estimate of drug-likeness (QED) is 0.585. The van der Waals surface area contributed by atoms with Crippen LogP contribution in [0, 0.1) is 27.9 Å². The highest BCUT2D eigenvalue weighted by molar-refractivity contribution is 5.03. The number of nitrogens with zero attached hydrogens (tertiary/aromatic N) is 1. The minimum Gasteiger partial charge on any atom is -0.389 e. The largest absolute Gasteiger partial charge is 0.389 e. The van der Waals surface area contributed by atoms with E-state index >= 15 is 0 Å². The zero-order chi connectivity index (χ0) is 13.5. The Bertz CT molecular complexity index is 324. The fourth-order valence-electron chi connectivity index (χ4n) is 4.68. The second kappa shape index (κ2) is 4.90. The van der Waals surface area contributed by atoms with Gasteiger partial charge in [0.25, 0.3) is 5.09 Å². The minimum absolute atomic E-state index is 0.0651. The number of ether oxygens (including phenoxy) is 1. The van der Waals surface area contributed by atoms with Crippen molar-refractivity contribution in [3.63, 3.8) is 0 Å². The van der Waals surface area contributed by atoms with E-state index in [1.165, 1.54) is 19.3 Å². The summed E-state index contributed by atoms with van der Waals surface area (Å²) < 4.78 is 5.98. The summed E-state index contributed by atoms with van der Waals surface area (Å²) in [5.41, 5.74) is -0.0651. The van der Waals surface area contributed by atoms with Gasteiger partial charge in [-0.2, -0.15) is 0 Å². The van der Waals surface area contributed by atoms with Gasteiger partial charge in [0, 0.05) is 0 Å². The molecule has 0 saturated heterocycles. The summed E-state index contributed by atoms with van der Waals surface area (Å²) in [5, 5.41) is 18.8. The lowest BCUT2D eigenvalue weighted by Crippen LogP contribution is -2.52. The number of hydrogen-bond donors (Lipinski definition) is 1. The van der Waals surface area contributed by atoms with Gasteiger partial charge in [0.05, 0.1) is 12.2 Å². The maximum absolute atomic E-state index is 10.1. The summed E-state index contributed by atoms with van der Waals surface area (Å²) in [6.07, 6.45) is 6.41. The molecule has 0 radical (unpaired) electrons. The van der Waals surface area contributed by atoms with Crippen LogP contribution in [0.15, 0.2) is 0 Å². The maximum Gasteiger partial charge on any atom is 0.294 e. The molecule has 0 spiro atoms. The lowest BCUT2D eigenvalue weighted by molar-refractivity contribution is -0.759. The summed E-state index contributed by atoms with van der Waals surface area (Å²) in [6, 6.07) is 0. The average Bonchev–Trinajstić information content (AvgIpc) is 2.32. The van der Waals surface area contributed by atoms with Crippen molar-refractivity contribution < 1.29 is 19.8 Å². The first kappa shape index (κ1) is 13.1. The fraction of sp³-hybridized carbons (Fsp3) is 1.00. The van der Waals surface area contributed by atoms with Crippen LogP contribution < -0.4 is 0 Å². The molecule has 0 aromatic heterocycles. The Labute approximate surface area is 112 Å². The molecule has 19 heavy (non-hydrogen) atoms. The summed E-state index contributed by atoms with van der Waals surface area (Å²) in [7, 11) is 0. The highest BCUT2D eigenvalue weighted by Crippen LogP contribution is 2.57. The molecule has 4 saturated carbocycles. The van der Waals surface area contributed by atoms with Crippen LogP contribution in [0.3, 0.4) is 0 Å². The Morgan fingerprint density at radius 1 is 1.16 bits per heavy atom. The van der Waals surface area contributed by atoms with Crippen molar-refractivity contribution in [1.82, 2.24) is 0 Å². The van der Waals surface area contributed by atoms with Gasteiger partial charge in [0.15, 0.2) is 0 Å². The summed E-state index contributed by atoms with van der Waals surface area (Å²) in [5.74, 6) is 2.37. The van der Waals surface area contributed by atoms with Crippen LogP contribution in [0.5, 0.6) is 0 Å². The molecule has 4 rings (SSSR count). The molecule has 1 atom stereocenters. The first-order chi connectivity index (χ1) is 9.05. The van der Waals surface area contributed by atoms with Crippen LogP contribution in [-0.4, -0.2) is 35.1 Å². The van der Waals surface area contributed by atoms with E-state index in [1.54, 1.807) is 0 Å². The van der Waals surface area contributed by atoms with Crippen LogP contribution in [0.2, 0.25) is 0 Å². The average molecular weight is 271 g/mol. The van der Waals surface area contributed by atoms with E-state index in [1.807, 2.05) is 0 Å². The molecule has 0 aliphatic heterocycles. The molecule has 6 nitrogen and oxygen atoms in total. The van der Waals surface area contributed by atoms with E-state index in [0.29, 0.717) is 0 Å². The van der Waals surface area contributed by atoms with E-state index in [9.17, 15) is 15.2 Å².